The number of methoxy groups -OCH3 is 2. The van der Waals surface area contributed by atoms with Crippen molar-refractivity contribution in [2.45, 2.75) is 196 Å². The Balaban J connectivity index is 1.82. The Labute approximate surface area is 478 Å². The Morgan fingerprint density at radius 1 is 0.412 bits per heavy atom. The molecule has 4 N–H and O–H groups in total. The molecule has 14 heteroatoms. The molecule has 2 atom stereocenters. The first kappa shape index (κ1) is 64.4. The second-order valence-corrected chi connectivity index (χ2v) is 25.6. The number of carbonyl (C=O) groups is 4. The topological polar surface area (TPSA) is 172 Å². The van der Waals surface area contributed by atoms with E-state index < -0.39 is 36.1 Å². The smallest absolute Gasteiger partial charge is 0.328 e. The largest absolute Gasteiger partial charge is 0.493 e. The number of ether oxygens (including phenoxy) is 6. The monoisotopic (exact) mass is 1100 g/mol. The molecule has 5 rings (SSSR count). The lowest BCUT2D eigenvalue weighted by molar-refractivity contribution is -0.143. The van der Waals surface area contributed by atoms with Gasteiger partial charge in [-0.1, -0.05) is 145 Å². The van der Waals surface area contributed by atoms with Crippen molar-refractivity contribution in [1.82, 2.24) is 21.3 Å². The predicted molar refractivity (Wildman–Crippen MR) is 320 cm³/mol. The van der Waals surface area contributed by atoms with Crippen LogP contribution in [0.25, 0.3) is 0 Å². The molecular weight excluding hydrogens is 1010 g/mol. The maximum Gasteiger partial charge on any atom is 0.328 e. The summed E-state index contributed by atoms with van der Waals surface area (Å²) in [6.07, 6.45) is 4.68. The van der Waals surface area contributed by atoms with E-state index in [-0.39, 0.29) is 21.7 Å². The lowest BCUT2D eigenvalue weighted by Crippen LogP contribution is -2.45. The first-order valence-electron chi connectivity index (χ1n) is 28.9. The number of hydrogen-bond donors (Lipinski definition) is 4. The van der Waals surface area contributed by atoms with Gasteiger partial charge in [0.1, 0.15) is 35.1 Å². The van der Waals surface area contributed by atoms with Crippen LogP contribution in [0.4, 0.5) is 9.59 Å². The van der Waals surface area contributed by atoms with Gasteiger partial charge >= 0.3 is 24.0 Å². The van der Waals surface area contributed by atoms with Crippen molar-refractivity contribution < 1.29 is 47.6 Å². The van der Waals surface area contributed by atoms with E-state index in [4.69, 9.17) is 28.4 Å². The molecule has 1 aliphatic carbocycles. The predicted octanol–water partition coefficient (Wildman–Crippen LogP) is 12.4. The quantitative estimate of drug-likeness (QED) is 0.0434. The van der Waals surface area contributed by atoms with Gasteiger partial charge in [-0.25, -0.2) is 19.2 Å². The molecule has 440 valence electrons. The average molecular weight is 1110 g/mol. The molecule has 4 aromatic carbocycles. The fourth-order valence-corrected chi connectivity index (χ4v) is 9.63. The molecule has 0 aliphatic heterocycles. The van der Waals surface area contributed by atoms with E-state index in [0.29, 0.717) is 78.0 Å². The standard InChI is InChI=1S/C66H96N4O10/c1-19-25-77-55-43-29-47-37-53(65(11,12)13)39-49(57(47)79-27-21-23-67-61(73)69-41(3)59(71)75-17)31-45-35-52(64(8,9)10)36-46(56(45)78-26-20-2)32-50-40-54(66(14,15)16)38-48(30-44(55)34-51(33-43)63(5,6)7)58(50)80-28-22-24-68-62(74)70-42(4)60(72)76-18/h33-42H,19-32H2,1-18H3,(H2,67,69,73)(H2,68,70,74)/t41-,42-/m0/s1. The van der Waals surface area contributed by atoms with Gasteiger partial charge in [-0.3, -0.25) is 0 Å². The third-order valence-corrected chi connectivity index (χ3v) is 14.4. The van der Waals surface area contributed by atoms with Gasteiger partial charge < -0.3 is 49.7 Å². The molecule has 4 amide bonds. The average Bonchev–Trinajstić information content (AvgIpc) is 3.36. The van der Waals surface area contributed by atoms with Gasteiger partial charge in [0.25, 0.3) is 0 Å². The molecule has 0 unspecified atom stereocenters. The van der Waals surface area contributed by atoms with Crippen molar-refractivity contribution >= 4 is 24.0 Å². The van der Waals surface area contributed by atoms with Crippen molar-refractivity contribution in [1.29, 1.82) is 0 Å². The molecule has 0 heterocycles. The number of urea groups is 2. The van der Waals surface area contributed by atoms with Crippen LogP contribution < -0.4 is 40.2 Å². The summed E-state index contributed by atoms with van der Waals surface area (Å²) in [6, 6.07) is 16.0. The number of nitrogens with one attached hydrogen (secondary N) is 4. The maximum atomic E-state index is 12.8. The summed E-state index contributed by atoms with van der Waals surface area (Å²) in [5.41, 5.74) is 12.1. The minimum Gasteiger partial charge on any atom is -0.493 e. The number of fused-ring (bicyclic) bond motifs is 8. The summed E-state index contributed by atoms with van der Waals surface area (Å²) in [4.78, 5) is 49.8. The van der Waals surface area contributed by atoms with Crippen molar-refractivity contribution in [3.05, 3.63) is 115 Å². The zero-order chi connectivity index (χ0) is 59.3. The zero-order valence-electron chi connectivity index (χ0n) is 51.8. The molecule has 14 nitrogen and oxygen atoms in total. The lowest BCUT2D eigenvalue weighted by atomic mass is 9.79. The number of rotatable bonds is 20. The van der Waals surface area contributed by atoms with Crippen LogP contribution >= 0.6 is 0 Å². The first-order valence-corrected chi connectivity index (χ1v) is 28.9. The van der Waals surface area contributed by atoms with Crippen molar-refractivity contribution in [3.8, 4) is 23.0 Å². The van der Waals surface area contributed by atoms with Gasteiger partial charge in [-0.15, -0.1) is 0 Å². The van der Waals surface area contributed by atoms with E-state index >= 15 is 0 Å². The van der Waals surface area contributed by atoms with E-state index in [2.05, 4.69) is 167 Å². The van der Waals surface area contributed by atoms with Crippen LogP contribution in [0, 0.1) is 0 Å². The van der Waals surface area contributed by atoms with Gasteiger partial charge in [0, 0.05) is 38.8 Å². The third-order valence-electron chi connectivity index (χ3n) is 14.4. The Bertz CT molecular complexity index is 2510. The summed E-state index contributed by atoms with van der Waals surface area (Å²) in [5.74, 6) is 2.23. The summed E-state index contributed by atoms with van der Waals surface area (Å²) in [7, 11) is 2.59. The summed E-state index contributed by atoms with van der Waals surface area (Å²) < 4.78 is 37.8. The highest BCUT2D eigenvalue weighted by atomic mass is 16.5. The highest BCUT2D eigenvalue weighted by molar-refractivity contribution is 5.83. The van der Waals surface area contributed by atoms with E-state index in [1.165, 1.54) is 36.5 Å². The molecule has 0 saturated heterocycles. The number of carbonyl (C=O) groups excluding carboxylic acids is 4. The molecule has 0 spiro atoms. The number of hydrogen-bond acceptors (Lipinski definition) is 10. The molecule has 1 aliphatic rings. The number of amides is 4. The Hall–Kier alpha value is -6.44. The molecular formula is C66H96N4O10. The number of esters is 2. The van der Waals surface area contributed by atoms with Gasteiger partial charge in [0.15, 0.2) is 0 Å². The molecule has 0 saturated carbocycles. The minimum absolute atomic E-state index is 0.225. The molecule has 80 heavy (non-hydrogen) atoms. The van der Waals surface area contributed by atoms with Crippen molar-refractivity contribution in [3.63, 3.8) is 0 Å². The minimum atomic E-state index is -0.795. The van der Waals surface area contributed by atoms with Gasteiger partial charge in [-0.2, -0.15) is 0 Å². The van der Waals surface area contributed by atoms with E-state index in [1.54, 1.807) is 13.8 Å². The highest BCUT2D eigenvalue weighted by Gasteiger charge is 2.30. The lowest BCUT2D eigenvalue weighted by Gasteiger charge is -2.29. The molecule has 8 bridgehead atoms. The second kappa shape index (κ2) is 27.8. The highest BCUT2D eigenvalue weighted by Crippen LogP contribution is 2.44. The van der Waals surface area contributed by atoms with Crippen LogP contribution in [0.5, 0.6) is 23.0 Å². The van der Waals surface area contributed by atoms with Crippen molar-refractivity contribution in [2.24, 2.45) is 0 Å². The van der Waals surface area contributed by atoms with Crippen molar-refractivity contribution in [2.75, 3.05) is 53.7 Å². The van der Waals surface area contributed by atoms with Crippen LogP contribution in [0.1, 0.15) is 203 Å². The van der Waals surface area contributed by atoms with Crippen LogP contribution in [-0.4, -0.2) is 89.8 Å². The summed E-state index contributed by atoms with van der Waals surface area (Å²) >= 11 is 0. The molecule has 0 aromatic heterocycles. The van der Waals surface area contributed by atoms with Gasteiger partial charge in [0.2, 0.25) is 0 Å². The van der Waals surface area contributed by atoms with E-state index in [1.807, 2.05) is 0 Å². The SMILES string of the molecule is CCCOc1c2cc(C(C)(C)C)cc1Cc1cc(C(C)(C)C)cc(c1OCCCNC(=O)N[C@@H](C)C(=O)OC)Cc1cc(C(C)(C)C)cc(c1OCCC)Cc1cc(C(C)(C)C)cc(c1OCCCNC(=O)N[C@@H](C)C(=O)OC)C2. The molecule has 0 fully saturated rings. The van der Waals surface area contributed by atoms with Crippen LogP contribution in [-0.2, 0) is 66.4 Å². The second-order valence-electron chi connectivity index (χ2n) is 25.6. The van der Waals surface area contributed by atoms with E-state index in [0.717, 1.165) is 80.3 Å². The zero-order valence-corrected chi connectivity index (χ0v) is 51.8. The van der Waals surface area contributed by atoms with E-state index in [9.17, 15) is 19.2 Å². The van der Waals surface area contributed by atoms with Crippen LogP contribution in [0.3, 0.4) is 0 Å². The van der Waals surface area contributed by atoms with Gasteiger partial charge in [0.05, 0.1) is 40.6 Å². The Kier molecular flexibility index (Phi) is 22.4. The Morgan fingerprint density at radius 2 is 0.637 bits per heavy atom. The van der Waals surface area contributed by atoms with Crippen LogP contribution in [0.2, 0.25) is 0 Å². The third kappa shape index (κ3) is 17.8. The van der Waals surface area contributed by atoms with Gasteiger partial charge in [-0.05, 0) is 128 Å². The van der Waals surface area contributed by atoms with Crippen LogP contribution in [0.15, 0.2) is 48.5 Å². The maximum absolute atomic E-state index is 12.8. The molecule has 0 radical (unpaired) electrons. The summed E-state index contributed by atoms with van der Waals surface area (Å²) in [6.45, 7) is 36.7. The fraction of sp³-hybridized carbons (Fsp3) is 0.576. The fourth-order valence-electron chi connectivity index (χ4n) is 9.63. The normalized spacial score (nSPS) is 13.5. The first-order chi connectivity index (χ1) is 37.5. The Morgan fingerprint density at radius 3 is 0.838 bits per heavy atom. The molecule has 4 aromatic rings. The number of benzene rings is 4. The summed E-state index contributed by atoms with van der Waals surface area (Å²) in [5, 5.41) is 11.1.